The molecule has 10 heteroatoms. The molecule has 1 N–H and O–H groups in total. The number of rotatable bonds is 9. The summed E-state index contributed by atoms with van der Waals surface area (Å²) in [5.74, 6) is 0.987. The van der Waals surface area contributed by atoms with Crippen LogP contribution in [-0.4, -0.2) is 37.8 Å². The average Bonchev–Trinajstić information content (AvgIpc) is 2.81. The molecule has 1 amide bonds. The Morgan fingerprint density at radius 3 is 2.41 bits per heavy atom. The van der Waals surface area contributed by atoms with Crippen molar-refractivity contribution in [2.45, 2.75) is 26.1 Å². The number of nitrogens with zero attached hydrogens (tertiary/aromatic N) is 1. The third-order valence-corrected chi connectivity index (χ3v) is 5.26. The van der Waals surface area contributed by atoms with Crippen LogP contribution in [0.4, 0.5) is 13.2 Å². The molecule has 0 unspecified atom stereocenters. The smallest absolute Gasteiger partial charge is 0.417 e. The predicted molar refractivity (Wildman–Crippen MR) is 121 cm³/mol. The molecule has 3 aromatic rings. The molecule has 0 saturated carbocycles. The maximum atomic E-state index is 13.4. The van der Waals surface area contributed by atoms with Crippen molar-refractivity contribution in [3.8, 4) is 17.2 Å². The molecule has 34 heavy (non-hydrogen) atoms. The lowest BCUT2D eigenvalue weighted by Gasteiger charge is -2.15. The standard InChI is InChI=1S/C24H25F3N2O5/c1-4-29-19-12-16(6-7-17(19)18(13-23(29)31)24(25,26)27)34-14-22(30)28-10-9-15-5-8-20(32-2)21(11-15)33-3/h5-8,11-13H,4,9-10,14H2,1-3H3,(H,28,30). The van der Waals surface area contributed by atoms with E-state index in [1.807, 2.05) is 12.1 Å². The van der Waals surface area contributed by atoms with E-state index >= 15 is 0 Å². The van der Waals surface area contributed by atoms with Crippen LogP contribution in [-0.2, 0) is 23.9 Å². The number of hydrogen-bond donors (Lipinski definition) is 1. The van der Waals surface area contributed by atoms with Crippen LogP contribution < -0.4 is 25.1 Å². The SMILES string of the molecule is CCn1c(=O)cc(C(F)(F)F)c2ccc(OCC(=O)NCCc3ccc(OC)c(OC)c3)cc21. The van der Waals surface area contributed by atoms with Gasteiger partial charge in [0, 0.05) is 30.6 Å². The van der Waals surface area contributed by atoms with Gasteiger partial charge in [0.15, 0.2) is 18.1 Å². The zero-order valence-corrected chi connectivity index (χ0v) is 19.0. The van der Waals surface area contributed by atoms with Crippen molar-refractivity contribution in [2.75, 3.05) is 27.4 Å². The van der Waals surface area contributed by atoms with Gasteiger partial charge in [0.2, 0.25) is 0 Å². The fraction of sp³-hybridized carbons (Fsp3) is 0.333. The number of ether oxygens (including phenoxy) is 3. The van der Waals surface area contributed by atoms with Crippen molar-refractivity contribution in [2.24, 2.45) is 0 Å². The third kappa shape index (κ3) is 5.62. The normalized spacial score (nSPS) is 11.4. The predicted octanol–water partition coefficient (Wildman–Crippen LogP) is 3.80. The zero-order valence-electron chi connectivity index (χ0n) is 19.0. The Morgan fingerprint density at radius 1 is 1.03 bits per heavy atom. The van der Waals surface area contributed by atoms with Gasteiger partial charge in [-0.15, -0.1) is 0 Å². The fourth-order valence-electron chi connectivity index (χ4n) is 3.59. The van der Waals surface area contributed by atoms with Gasteiger partial charge in [-0.2, -0.15) is 13.2 Å². The molecule has 7 nitrogen and oxygen atoms in total. The number of carbonyl (C=O) groups excluding carboxylic acids is 1. The maximum Gasteiger partial charge on any atom is 0.417 e. The molecular formula is C24H25F3N2O5. The van der Waals surface area contributed by atoms with Crippen LogP contribution >= 0.6 is 0 Å². The lowest BCUT2D eigenvalue weighted by molar-refractivity contribution is -0.136. The van der Waals surface area contributed by atoms with E-state index in [1.54, 1.807) is 20.1 Å². The van der Waals surface area contributed by atoms with Crippen molar-refractivity contribution >= 4 is 16.8 Å². The number of fused-ring (bicyclic) bond motifs is 1. The number of alkyl halides is 3. The van der Waals surface area contributed by atoms with E-state index in [0.717, 1.165) is 5.56 Å². The van der Waals surface area contributed by atoms with Crippen LogP contribution in [0.1, 0.15) is 18.1 Å². The Kier molecular flexibility index (Phi) is 7.70. The molecule has 0 atom stereocenters. The van der Waals surface area contributed by atoms with E-state index in [1.165, 1.54) is 29.9 Å². The van der Waals surface area contributed by atoms with Crippen LogP contribution in [0.15, 0.2) is 47.3 Å². The number of methoxy groups -OCH3 is 2. The summed E-state index contributed by atoms with van der Waals surface area (Å²) < 4.78 is 57.2. The highest BCUT2D eigenvalue weighted by Gasteiger charge is 2.33. The second-order valence-corrected chi connectivity index (χ2v) is 7.40. The monoisotopic (exact) mass is 478 g/mol. The quantitative estimate of drug-likeness (QED) is 0.506. The summed E-state index contributed by atoms with van der Waals surface area (Å²) in [6.07, 6.45) is -4.12. The maximum absolute atomic E-state index is 13.4. The fourth-order valence-corrected chi connectivity index (χ4v) is 3.59. The number of pyridine rings is 1. The minimum Gasteiger partial charge on any atom is -0.493 e. The minimum absolute atomic E-state index is 0.0914. The Balaban J connectivity index is 1.65. The van der Waals surface area contributed by atoms with Crippen molar-refractivity contribution in [3.63, 3.8) is 0 Å². The summed E-state index contributed by atoms with van der Waals surface area (Å²) >= 11 is 0. The molecule has 0 aliphatic carbocycles. The molecule has 0 aliphatic heterocycles. The van der Waals surface area contributed by atoms with Gasteiger partial charge in [0.1, 0.15) is 5.75 Å². The van der Waals surface area contributed by atoms with Gasteiger partial charge in [0.25, 0.3) is 11.5 Å². The van der Waals surface area contributed by atoms with Crippen LogP contribution in [0, 0.1) is 0 Å². The summed E-state index contributed by atoms with van der Waals surface area (Å²) in [6, 6.07) is 9.98. The van der Waals surface area contributed by atoms with Crippen molar-refractivity contribution in [3.05, 3.63) is 63.9 Å². The number of aromatic nitrogens is 1. The molecule has 0 aliphatic rings. The van der Waals surface area contributed by atoms with Crippen LogP contribution in [0.2, 0.25) is 0 Å². The second kappa shape index (κ2) is 10.5. The number of hydrogen-bond acceptors (Lipinski definition) is 5. The number of amides is 1. The number of aryl methyl sites for hydroxylation is 1. The Bertz CT molecular complexity index is 1240. The first kappa shape index (κ1) is 24.9. The molecule has 3 rings (SSSR count). The number of carbonyl (C=O) groups is 1. The molecule has 1 heterocycles. The summed E-state index contributed by atoms with van der Waals surface area (Å²) in [5.41, 5.74) is -0.732. The molecule has 182 valence electrons. The van der Waals surface area contributed by atoms with Gasteiger partial charge in [-0.25, -0.2) is 0 Å². The highest BCUT2D eigenvalue weighted by molar-refractivity contribution is 5.84. The van der Waals surface area contributed by atoms with Gasteiger partial charge in [-0.1, -0.05) is 6.07 Å². The Labute approximate surface area is 194 Å². The van der Waals surface area contributed by atoms with Crippen molar-refractivity contribution < 1.29 is 32.2 Å². The van der Waals surface area contributed by atoms with Gasteiger partial charge in [0.05, 0.1) is 25.3 Å². The van der Waals surface area contributed by atoms with Gasteiger partial charge < -0.3 is 24.1 Å². The summed E-state index contributed by atoms with van der Waals surface area (Å²) in [7, 11) is 3.08. The van der Waals surface area contributed by atoms with E-state index in [4.69, 9.17) is 14.2 Å². The molecule has 2 aromatic carbocycles. The molecule has 1 aromatic heterocycles. The first-order valence-corrected chi connectivity index (χ1v) is 10.5. The van der Waals surface area contributed by atoms with Crippen LogP contribution in [0.25, 0.3) is 10.9 Å². The zero-order chi connectivity index (χ0) is 24.9. The van der Waals surface area contributed by atoms with E-state index < -0.39 is 23.2 Å². The van der Waals surface area contributed by atoms with E-state index in [-0.39, 0.29) is 29.8 Å². The highest BCUT2D eigenvalue weighted by atomic mass is 19.4. The van der Waals surface area contributed by atoms with Crippen molar-refractivity contribution in [1.82, 2.24) is 9.88 Å². The molecule has 0 radical (unpaired) electrons. The lowest BCUT2D eigenvalue weighted by Crippen LogP contribution is -2.30. The summed E-state index contributed by atoms with van der Waals surface area (Å²) in [4.78, 5) is 24.3. The largest absolute Gasteiger partial charge is 0.493 e. The van der Waals surface area contributed by atoms with Crippen molar-refractivity contribution in [1.29, 1.82) is 0 Å². The van der Waals surface area contributed by atoms with E-state index in [0.29, 0.717) is 30.5 Å². The first-order valence-electron chi connectivity index (χ1n) is 10.5. The number of nitrogens with one attached hydrogen (secondary N) is 1. The molecule has 0 bridgehead atoms. The number of halogens is 3. The molecular weight excluding hydrogens is 453 g/mol. The van der Waals surface area contributed by atoms with Crippen LogP contribution in [0.5, 0.6) is 17.2 Å². The van der Waals surface area contributed by atoms with Gasteiger partial charge >= 0.3 is 6.18 Å². The van der Waals surface area contributed by atoms with Crippen LogP contribution in [0.3, 0.4) is 0 Å². The molecule has 0 saturated heterocycles. The van der Waals surface area contributed by atoms with Gasteiger partial charge in [-0.05, 0) is 43.2 Å². The minimum atomic E-state index is -4.67. The third-order valence-electron chi connectivity index (χ3n) is 5.26. The highest BCUT2D eigenvalue weighted by Crippen LogP contribution is 2.35. The van der Waals surface area contributed by atoms with E-state index in [9.17, 15) is 22.8 Å². The van der Waals surface area contributed by atoms with Gasteiger partial charge in [-0.3, -0.25) is 9.59 Å². The Hall–Kier alpha value is -3.69. The summed E-state index contributed by atoms with van der Waals surface area (Å²) in [5, 5.41) is 2.61. The first-order chi connectivity index (χ1) is 16.2. The molecule has 0 fully saturated rings. The number of benzene rings is 2. The topological polar surface area (TPSA) is 78.8 Å². The summed E-state index contributed by atoms with van der Waals surface area (Å²) in [6.45, 7) is 1.87. The lowest BCUT2D eigenvalue weighted by atomic mass is 10.1. The molecule has 0 spiro atoms. The van der Waals surface area contributed by atoms with E-state index in [2.05, 4.69) is 5.32 Å². The average molecular weight is 478 g/mol. The second-order valence-electron chi connectivity index (χ2n) is 7.40. The Morgan fingerprint density at radius 2 is 1.76 bits per heavy atom.